The van der Waals surface area contributed by atoms with E-state index in [1.165, 1.54) is 0 Å². The Morgan fingerprint density at radius 2 is 1.94 bits per heavy atom. The van der Waals surface area contributed by atoms with Gasteiger partial charge < -0.3 is 9.80 Å². The number of rotatable bonds is 1. The third kappa shape index (κ3) is 2.30. The fourth-order valence-corrected chi connectivity index (χ4v) is 1.98. The van der Waals surface area contributed by atoms with E-state index in [0.29, 0.717) is 18.7 Å². The van der Waals surface area contributed by atoms with Crippen LogP contribution in [0.4, 0.5) is 0 Å². The van der Waals surface area contributed by atoms with Crippen LogP contribution in [0.3, 0.4) is 0 Å². The van der Waals surface area contributed by atoms with Crippen LogP contribution in [0, 0.1) is 0 Å². The maximum atomic E-state index is 12.3. The van der Waals surface area contributed by atoms with E-state index in [-0.39, 0.29) is 17.9 Å². The molecule has 0 bridgehead atoms. The monoisotopic (exact) mass is 232 g/mol. The summed E-state index contributed by atoms with van der Waals surface area (Å²) in [6.07, 6.45) is 0.398. The molecule has 2 amide bonds. The van der Waals surface area contributed by atoms with Crippen molar-refractivity contribution in [3.8, 4) is 0 Å². The normalized spacial score (nSPS) is 20.6. The Hall–Kier alpha value is -1.84. The molecule has 1 aromatic rings. The molecule has 0 aromatic heterocycles. The lowest BCUT2D eigenvalue weighted by molar-refractivity contribution is -0.136. The van der Waals surface area contributed by atoms with E-state index in [9.17, 15) is 9.59 Å². The SMILES string of the molecule is C[C@H]1CC(=O)N(C)CN1C(=O)c1ccccc1. The first kappa shape index (κ1) is 11.6. The van der Waals surface area contributed by atoms with E-state index in [1.807, 2.05) is 25.1 Å². The molecule has 1 atom stereocenters. The summed E-state index contributed by atoms with van der Waals surface area (Å²) in [4.78, 5) is 27.1. The van der Waals surface area contributed by atoms with Crippen LogP contribution < -0.4 is 0 Å². The minimum Gasteiger partial charge on any atom is -0.328 e. The van der Waals surface area contributed by atoms with Crippen LogP contribution in [0.15, 0.2) is 30.3 Å². The lowest BCUT2D eigenvalue weighted by atomic mass is 10.1. The molecule has 4 nitrogen and oxygen atoms in total. The van der Waals surface area contributed by atoms with Gasteiger partial charge in [-0.05, 0) is 19.1 Å². The number of hydrogen-bond donors (Lipinski definition) is 0. The second-order valence-electron chi connectivity index (χ2n) is 4.43. The minimum absolute atomic E-state index is 0.0162. The lowest BCUT2D eigenvalue weighted by Gasteiger charge is -2.38. The van der Waals surface area contributed by atoms with Crippen molar-refractivity contribution in [3.05, 3.63) is 35.9 Å². The van der Waals surface area contributed by atoms with Crippen LogP contribution in [0.25, 0.3) is 0 Å². The second kappa shape index (κ2) is 4.57. The first-order valence-corrected chi connectivity index (χ1v) is 5.69. The molecule has 4 heteroatoms. The third-order valence-corrected chi connectivity index (χ3v) is 3.07. The van der Waals surface area contributed by atoms with Crippen LogP contribution >= 0.6 is 0 Å². The zero-order valence-corrected chi connectivity index (χ0v) is 10.1. The van der Waals surface area contributed by atoms with Gasteiger partial charge in [0.2, 0.25) is 5.91 Å². The van der Waals surface area contributed by atoms with E-state index < -0.39 is 0 Å². The van der Waals surface area contributed by atoms with Gasteiger partial charge in [-0.25, -0.2) is 0 Å². The molecule has 1 fully saturated rings. The van der Waals surface area contributed by atoms with E-state index in [1.54, 1.807) is 29.0 Å². The zero-order chi connectivity index (χ0) is 12.4. The highest BCUT2D eigenvalue weighted by atomic mass is 16.2. The van der Waals surface area contributed by atoms with E-state index in [0.717, 1.165) is 0 Å². The van der Waals surface area contributed by atoms with Crippen molar-refractivity contribution >= 4 is 11.8 Å². The van der Waals surface area contributed by atoms with Gasteiger partial charge in [0, 0.05) is 25.1 Å². The molecule has 0 aliphatic carbocycles. The van der Waals surface area contributed by atoms with Crippen molar-refractivity contribution in [1.29, 1.82) is 0 Å². The predicted molar refractivity (Wildman–Crippen MR) is 64.3 cm³/mol. The van der Waals surface area contributed by atoms with Crippen LogP contribution in [-0.4, -0.2) is 41.4 Å². The largest absolute Gasteiger partial charge is 0.328 e. The Labute approximate surface area is 101 Å². The molecule has 0 radical (unpaired) electrons. The highest BCUT2D eigenvalue weighted by molar-refractivity contribution is 5.95. The average Bonchev–Trinajstić information content (AvgIpc) is 2.34. The summed E-state index contributed by atoms with van der Waals surface area (Å²) < 4.78 is 0. The van der Waals surface area contributed by atoms with Crippen molar-refractivity contribution in [2.24, 2.45) is 0 Å². The van der Waals surface area contributed by atoms with Crippen molar-refractivity contribution in [2.45, 2.75) is 19.4 Å². The molecule has 0 spiro atoms. The molecule has 0 unspecified atom stereocenters. The van der Waals surface area contributed by atoms with Crippen molar-refractivity contribution < 1.29 is 9.59 Å². The van der Waals surface area contributed by atoms with Gasteiger partial charge in [-0.1, -0.05) is 18.2 Å². The van der Waals surface area contributed by atoms with Gasteiger partial charge in [0.15, 0.2) is 0 Å². The van der Waals surface area contributed by atoms with Gasteiger partial charge >= 0.3 is 0 Å². The summed E-state index contributed by atoms with van der Waals surface area (Å²) in [5.41, 5.74) is 0.669. The second-order valence-corrected chi connectivity index (χ2v) is 4.43. The number of amides is 2. The van der Waals surface area contributed by atoms with Crippen molar-refractivity contribution in [1.82, 2.24) is 9.80 Å². The maximum Gasteiger partial charge on any atom is 0.255 e. The van der Waals surface area contributed by atoms with Crippen LogP contribution in [0.5, 0.6) is 0 Å². The molecule has 90 valence electrons. The quantitative estimate of drug-likeness (QED) is 0.733. The van der Waals surface area contributed by atoms with Gasteiger partial charge in [0.1, 0.15) is 0 Å². The van der Waals surface area contributed by atoms with Gasteiger partial charge in [0.25, 0.3) is 5.91 Å². The Balaban J connectivity index is 2.17. The topological polar surface area (TPSA) is 40.6 Å². The zero-order valence-electron chi connectivity index (χ0n) is 10.1. The lowest BCUT2D eigenvalue weighted by Crippen LogP contribution is -2.53. The highest BCUT2D eigenvalue weighted by Gasteiger charge is 2.30. The molecule has 17 heavy (non-hydrogen) atoms. The molecule has 0 saturated carbocycles. The smallest absolute Gasteiger partial charge is 0.255 e. The highest BCUT2D eigenvalue weighted by Crippen LogP contribution is 2.16. The summed E-state index contributed by atoms with van der Waals surface area (Å²) >= 11 is 0. The molecular weight excluding hydrogens is 216 g/mol. The summed E-state index contributed by atoms with van der Waals surface area (Å²) in [7, 11) is 1.72. The number of benzene rings is 1. The average molecular weight is 232 g/mol. The molecular formula is C13H16N2O2. The Morgan fingerprint density at radius 1 is 1.29 bits per heavy atom. The summed E-state index contributed by atoms with van der Waals surface area (Å²) in [6, 6.07) is 9.13. The molecule has 1 aliphatic rings. The Bertz CT molecular complexity index is 430. The number of carbonyl (C=O) groups is 2. The predicted octanol–water partition coefficient (Wildman–Crippen LogP) is 1.34. The number of carbonyl (C=O) groups excluding carboxylic acids is 2. The van der Waals surface area contributed by atoms with Crippen molar-refractivity contribution in [2.75, 3.05) is 13.7 Å². The van der Waals surface area contributed by atoms with Crippen molar-refractivity contribution in [3.63, 3.8) is 0 Å². The Morgan fingerprint density at radius 3 is 2.59 bits per heavy atom. The van der Waals surface area contributed by atoms with Gasteiger partial charge in [-0.15, -0.1) is 0 Å². The van der Waals surface area contributed by atoms with Crippen LogP contribution in [0.1, 0.15) is 23.7 Å². The summed E-state index contributed by atoms with van der Waals surface area (Å²) in [5.74, 6) is 0.0760. The molecule has 1 aromatic carbocycles. The van der Waals surface area contributed by atoms with Crippen LogP contribution in [0.2, 0.25) is 0 Å². The first-order valence-electron chi connectivity index (χ1n) is 5.69. The van der Waals surface area contributed by atoms with Crippen LogP contribution in [-0.2, 0) is 4.79 Å². The number of nitrogens with zero attached hydrogens (tertiary/aromatic N) is 2. The van der Waals surface area contributed by atoms with E-state index >= 15 is 0 Å². The summed E-state index contributed by atoms with van der Waals surface area (Å²) in [5, 5.41) is 0. The van der Waals surface area contributed by atoms with E-state index in [4.69, 9.17) is 0 Å². The van der Waals surface area contributed by atoms with E-state index in [2.05, 4.69) is 0 Å². The maximum absolute atomic E-state index is 12.3. The minimum atomic E-state index is -0.0357. The molecule has 1 aliphatic heterocycles. The molecule has 0 N–H and O–H groups in total. The van der Waals surface area contributed by atoms with Gasteiger partial charge in [0.05, 0.1) is 6.67 Å². The molecule has 1 heterocycles. The fraction of sp³-hybridized carbons (Fsp3) is 0.385. The van der Waals surface area contributed by atoms with Gasteiger partial charge in [-0.2, -0.15) is 0 Å². The van der Waals surface area contributed by atoms with Gasteiger partial charge in [-0.3, -0.25) is 9.59 Å². The summed E-state index contributed by atoms with van der Waals surface area (Å²) in [6.45, 7) is 2.28. The first-order chi connectivity index (χ1) is 8.09. The number of hydrogen-bond acceptors (Lipinski definition) is 2. The molecule has 1 saturated heterocycles. The third-order valence-electron chi connectivity index (χ3n) is 3.07. The Kier molecular flexibility index (Phi) is 3.13. The molecule has 2 rings (SSSR count). The standard InChI is InChI=1S/C13H16N2O2/c1-10-8-12(16)14(2)9-15(10)13(17)11-6-4-3-5-7-11/h3-7,10H,8-9H2,1-2H3/t10-/m0/s1. The fourth-order valence-electron chi connectivity index (χ4n) is 1.98.